The first-order chi connectivity index (χ1) is 70.2. The van der Waals surface area contributed by atoms with E-state index in [1.54, 1.807) is 0 Å². The summed E-state index contributed by atoms with van der Waals surface area (Å²) in [5.41, 5.74) is 0. The fourth-order valence-electron chi connectivity index (χ4n) is 20.7. The van der Waals surface area contributed by atoms with Crippen molar-refractivity contribution in [1.29, 1.82) is 0 Å². The Morgan fingerprint density at radius 3 is 0.465 bits per heavy atom. The smallest absolute Gasteiger partial charge is 0.373 e. The molecule has 144 heavy (non-hydrogen) atoms. The van der Waals surface area contributed by atoms with Gasteiger partial charge in [0.05, 0.1) is 12.7 Å². The van der Waals surface area contributed by atoms with Gasteiger partial charge >= 0.3 is 37.1 Å². The van der Waals surface area contributed by atoms with E-state index in [0.29, 0.717) is 6.10 Å². The molecular weight excluding hydrogens is 1850 g/mol. The van der Waals surface area contributed by atoms with Crippen LogP contribution in [0.2, 0.25) is 0 Å². The van der Waals surface area contributed by atoms with E-state index in [4.69, 9.17) is 4.74 Å². The summed E-state index contributed by atoms with van der Waals surface area (Å²) in [6, 6.07) is 0. The van der Waals surface area contributed by atoms with E-state index >= 15 is 0 Å². The third-order valence-electron chi connectivity index (χ3n) is 31.4. The van der Waals surface area contributed by atoms with Gasteiger partial charge in [0.1, 0.15) is 0 Å². The van der Waals surface area contributed by atoms with Crippen LogP contribution in [-0.4, -0.2) is 12.7 Å². The second-order valence-corrected chi connectivity index (χ2v) is 47.4. The summed E-state index contributed by atoms with van der Waals surface area (Å²) in [6.07, 6.45) is 179. The predicted molar refractivity (Wildman–Crippen MR) is 672 cm³/mol. The molecule has 0 saturated carbocycles. The maximum absolute atomic E-state index is 5.08. The van der Waals surface area contributed by atoms with Gasteiger partial charge in [-0.25, -0.2) is 0 Å². The van der Waals surface area contributed by atoms with Crippen LogP contribution >= 0.6 is 18.5 Å². The summed E-state index contributed by atoms with van der Waals surface area (Å²) in [6.45, 7) is 35.6. The van der Waals surface area contributed by atoms with Crippen molar-refractivity contribution in [2.45, 2.75) is 839 Å². The number of allylic oxidation sites excluding steroid dienone is 1. The molecule has 1 nitrogen and oxygen atoms in total. The Bertz CT molecular complexity index is 1720. The molecular formula is C139H286OP2V2. The quantitative estimate of drug-likeness (QED) is 0.0194. The van der Waals surface area contributed by atoms with Crippen LogP contribution in [0.5, 0.6) is 0 Å². The monoisotopic (exact) mass is 2140 g/mol. The number of hydrogen-bond acceptors (Lipinski definition) is 1. The zero-order chi connectivity index (χ0) is 104. The molecule has 0 bridgehead atoms. The first-order valence-corrected chi connectivity index (χ1v) is 69.5. The maximum Gasteiger partial charge on any atom is 2.00 e. The van der Waals surface area contributed by atoms with E-state index in [-0.39, 0.29) is 37.1 Å². The van der Waals surface area contributed by atoms with E-state index in [1.165, 1.54) is 751 Å². The molecule has 5 atom stereocenters. The van der Waals surface area contributed by atoms with Crippen molar-refractivity contribution in [1.82, 2.24) is 0 Å². The third kappa shape index (κ3) is 177. The van der Waals surface area contributed by atoms with Crippen LogP contribution in [0.25, 0.3) is 0 Å². The molecule has 0 aliphatic carbocycles. The van der Waals surface area contributed by atoms with Crippen molar-refractivity contribution in [3.63, 3.8) is 0 Å². The Balaban J connectivity index is -0.000000252. The summed E-state index contributed by atoms with van der Waals surface area (Å²) in [7, 11) is 5.42. The molecule has 1 aliphatic rings. The molecule has 0 amide bonds. The van der Waals surface area contributed by atoms with Crippen LogP contribution in [0.15, 0.2) is 12.7 Å². The van der Waals surface area contributed by atoms with Gasteiger partial charge in [-0.3, -0.25) is 18.5 Å². The Kier molecular flexibility index (Phi) is 184. The minimum Gasteiger partial charge on any atom is -0.373 e. The van der Waals surface area contributed by atoms with E-state index < -0.39 is 0 Å². The Hall–Kier alpha value is 1.73. The number of unbranched alkanes of at least 4 members (excludes halogenated alkanes) is 108. The molecule has 0 N–H and O–H groups in total. The first kappa shape index (κ1) is 161. The largest absolute Gasteiger partial charge is 2.00 e. The minimum absolute atomic E-state index is 0. The molecule has 5 heteroatoms. The van der Waals surface area contributed by atoms with Crippen molar-refractivity contribution in [2.75, 3.05) is 6.61 Å². The zero-order valence-corrected chi connectivity index (χ0v) is 108. The van der Waals surface area contributed by atoms with Gasteiger partial charge < -0.3 is 30.9 Å². The standard InChI is InChI=1S/C26H52.2C23H48P.C20H42.2C20H41.C7H14O.2V/c1-4-7-8-9-10-11-12-13-14-15-16-17-18-19-20-21-22-23-25-26(6-3)24-5-2;2*1-2-3-4-5-6-7-8-9-10-11-12-13-14-15-16-17-18-19-20-21-22-23-24;3*1-3-5-7-9-11-13-15-17-19-20-18-16-14-12-10-8-6-4-2;1-3-6(2)4-7-5-8-7;;/h5,26H,2,4,6-25H2,1,3H3;2*23H,2-22,24H2,1H3;3-20H2,1-2H3;2*1,3-20H2,2H3;6-7H,3-5H2,1-2H3;;/q;2*-1;;2*-1;;2*+2. The molecule has 1 heterocycles. The van der Waals surface area contributed by atoms with E-state index in [0.717, 1.165) is 31.3 Å². The second kappa shape index (κ2) is 165. The first-order valence-electron chi connectivity index (χ1n) is 68.1. The third-order valence-corrected chi connectivity index (χ3v) is 32.1. The van der Waals surface area contributed by atoms with Gasteiger partial charge in [0.15, 0.2) is 0 Å². The minimum atomic E-state index is 0. The van der Waals surface area contributed by atoms with Gasteiger partial charge in [0, 0.05) is 0 Å². The molecule has 2 radical (unpaired) electrons. The van der Waals surface area contributed by atoms with E-state index in [1.807, 2.05) is 0 Å². The van der Waals surface area contributed by atoms with Crippen molar-refractivity contribution in [3.8, 4) is 0 Å². The summed E-state index contributed by atoms with van der Waals surface area (Å²) >= 11 is 0. The van der Waals surface area contributed by atoms with E-state index in [2.05, 4.69) is 127 Å². The number of rotatable bonds is 118. The molecule has 868 valence electrons. The Labute approximate surface area is 949 Å². The van der Waals surface area contributed by atoms with Gasteiger partial charge in [-0.1, -0.05) is 801 Å². The fraction of sp³-hybridized carbons (Fsp3) is 0.957. The van der Waals surface area contributed by atoms with Crippen LogP contribution in [0.3, 0.4) is 0 Å². The number of epoxide rings is 1. The maximum atomic E-state index is 5.08. The molecule has 5 unspecified atom stereocenters. The molecule has 1 saturated heterocycles. The molecule has 0 aromatic carbocycles. The normalized spacial score (nSPS) is 12.3. The summed E-state index contributed by atoms with van der Waals surface area (Å²) in [5.74, 6) is 1.76. The van der Waals surface area contributed by atoms with Crippen LogP contribution in [0.1, 0.15) is 833 Å². The Morgan fingerprint density at radius 1 is 0.222 bits per heavy atom. The Morgan fingerprint density at radius 2 is 0.354 bits per heavy atom. The van der Waals surface area contributed by atoms with E-state index in [9.17, 15) is 0 Å². The van der Waals surface area contributed by atoms with Crippen LogP contribution in [0, 0.1) is 38.0 Å². The fourth-order valence-corrected chi connectivity index (χ4v) is 21.2. The van der Waals surface area contributed by atoms with Crippen LogP contribution < -0.4 is 0 Å². The second-order valence-electron chi connectivity index (χ2n) is 46.5. The molecule has 1 aliphatic heterocycles. The molecule has 0 aromatic heterocycles. The molecule has 0 spiro atoms. The van der Waals surface area contributed by atoms with Gasteiger partial charge in [-0.05, 0) is 24.7 Å². The molecule has 1 fully saturated rings. The topological polar surface area (TPSA) is 12.5 Å². The van der Waals surface area contributed by atoms with Gasteiger partial charge in [0.25, 0.3) is 0 Å². The van der Waals surface area contributed by atoms with Crippen LogP contribution in [-0.2, 0) is 41.8 Å². The molecule has 1 rings (SSSR count). The summed E-state index contributed by atoms with van der Waals surface area (Å²) in [4.78, 5) is 0. The van der Waals surface area contributed by atoms with Crippen molar-refractivity contribution < 1.29 is 41.8 Å². The average Bonchev–Trinajstić information content (AvgIpc) is 1.79. The molecule has 0 aromatic rings. The number of ether oxygens (including phenoxy) is 1. The van der Waals surface area contributed by atoms with Crippen molar-refractivity contribution in [2.24, 2.45) is 11.8 Å². The van der Waals surface area contributed by atoms with Crippen molar-refractivity contribution in [3.05, 3.63) is 38.8 Å². The SMILES string of the molecule is C=CCC(CC)CCCCCCCCCCCCCCCCCCCC.CCC(C)CC1CO1.CCCCCCCCCCCCCCCCCCCC.CCCCCCCCCCCCCCCCCCCCCC[CH-]P.CCCCCCCCCCCCCCCCCCCCCC[CH-]P.[CH2-]CCCCCCCCCCCCCCCCCCC.[CH2-]CCCCCCCCCCCCCCCCCCC.[V+2].[V+2]. The van der Waals surface area contributed by atoms with Gasteiger partial charge in [0.2, 0.25) is 0 Å². The van der Waals surface area contributed by atoms with Crippen LogP contribution in [0.4, 0.5) is 0 Å². The summed E-state index contributed by atoms with van der Waals surface area (Å²) in [5, 5.41) is 0. The summed E-state index contributed by atoms with van der Waals surface area (Å²) < 4.78 is 5.08. The predicted octanol–water partition coefficient (Wildman–Crippen LogP) is 54.1. The zero-order valence-electron chi connectivity index (χ0n) is 103. The number of hydrogen-bond donors (Lipinski definition) is 0. The average molecular weight is 2140 g/mol. The van der Waals surface area contributed by atoms with Gasteiger partial charge in [-0.15, -0.1) is 6.58 Å². The van der Waals surface area contributed by atoms with Crippen molar-refractivity contribution >= 4 is 18.5 Å². The van der Waals surface area contributed by atoms with Gasteiger partial charge in [-0.2, -0.15) is 25.7 Å².